The molecule has 1 aromatic carbocycles. The maximum atomic E-state index is 13.7. The lowest BCUT2D eigenvalue weighted by atomic mass is 9.84. The summed E-state index contributed by atoms with van der Waals surface area (Å²) in [4.78, 5) is 12.2. The van der Waals surface area contributed by atoms with Crippen molar-refractivity contribution in [3.05, 3.63) is 35.1 Å². The Balaban J connectivity index is 1.78. The molecule has 0 radical (unpaired) electrons. The highest BCUT2D eigenvalue weighted by molar-refractivity contribution is 5.96. The largest absolute Gasteiger partial charge is 0.416 e. The summed E-state index contributed by atoms with van der Waals surface area (Å²) in [5.41, 5.74) is -1.40. The van der Waals surface area contributed by atoms with Crippen LogP contribution >= 0.6 is 0 Å². The quantitative estimate of drug-likeness (QED) is 0.576. The molecule has 0 N–H and O–H groups in total. The third-order valence-corrected chi connectivity index (χ3v) is 4.93. The van der Waals surface area contributed by atoms with Crippen LogP contribution in [-0.4, -0.2) is 5.78 Å². The minimum absolute atomic E-state index is 0.166. The number of ketones is 1. The smallest absolute Gasteiger partial charge is 0.294 e. The van der Waals surface area contributed by atoms with Crippen LogP contribution < -0.4 is 0 Å². The van der Waals surface area contributed by atoms with Gasteiger partial charge in [-0.15, -0.1) is 0 Å². The van der Waals surface area contributed by atoms with E-state index in [-0.39, 0.29) is 12.3 Å². The molecule has 5 heteroatoms. The van der Waals surface area contributed by atoms with E-state index in [1.807, 2.05) is 0 Å². The molecule has 0 aliphatic heterocycles. The van der Waals surface area contributed by atoms with Gasteiger partial charge in [0.15, 0.2) is 5.78 Å². The van der Waals surface area contributed by atoms with Crippen LogP contribution in [-0.2, 0) is 6.18 Å². The highest BCUT2D eigenvalue weighted by Gasteiger charge is 2.40. The summed E-state index contributed by atoms with van der Waals surface area (Å²) in [5, 5.41) is 0. The van der Waals surface area contributed by atoms with Crippen molar-refractivity contribution in [2.24, 2.45) is 17.8 Å². The van der Waals surface area contributed by atoms with E-state index in [1.165, 1.54) is 6.42 Å². The average Bonchev–Trinajstić information content (AvgIpc) is 2.99. The topological polar surface area (TPSA) is 17.1 Å². The summed E-state index contributed by atoms with van der Waals surface area (Å²) in [7, 11) is 0. The van der Waals surface area contributed by atoms with E-state index < -0.39 is 28.9 Å². The highest BCUT2D eigenvalue weighted by Crippen LogP contribution is 2.49. The zero-order valence-electron chi connectivity index (χ0n) is 11.4. The van der Waals surface area contributed by atoms with Gasteiger partial charge in [0, 0.05) is 6.42 Å². The van der Waals surface area contributed by atoms with Gasteiger partial charge >= 0.3 is 6.18 Å². The first-order valence-electron chi connectivity index (χ1n) is 7.24. The lowest BCUT2D eigenvalue weighted by molar-refractivity contribution is -0.137. The molecule has 21 heavy (non-hydrogen) atoms. The van der Waals surface area contributed by atoms with Crippen LogP contribution in [0.2, 0.25) is 0 Å². The number of fused-ring (bicyclic) bond motifs is 2. The van der Waals surface area contributed by atoms with Crippen LogP contribution in [0.1, 0.15) is 48.0 Å². The molecule has 114 valence electrons. The van der Waals surface area contributed by atoms with Gasteiger partial charge in [-0.05, 0) is 55.2 Å². The first kappa shape index (κ1) is 14.5. The molecular formula is C16H16F4O. The lowest BCUT2D eigenvalue weighted by Gasteiger charge is -2.21. The second kappa shape index (κ2) is 5.11. The molecule has 2 fully saturated rings. The normalized spacial score (nSPS) is 28.1. The number of hydrogen-bond acceptors (Lipinski definition) is 1. The number of alkyl halides is 3. The number of rotatable bonds is 3. The molecule has 0 heterocycles. The molecule has 2 aliphatic carbocycles. The monoisotopic (exact) mass is 300 g/mol. The molecule has 3 unspecified atom stereocenters. The van der Waals surface area contributed by atoms with Crippen molar-refractivity contribution in [1.82, 2.24) is 0 Å². The second-order valence-electron chi connectivity index (χ2n) is 6.25. The first-order valence-corrected chi connectivity index (χ1v) is 7.24. The Morgan fingerprint density at radius 2 is 1.95 bits per heavy atom. The molecular weight excluding hydrogens is 284 g/mol. The Hall–Kier alpha value is -1.39. The fourth-order valence-electron chi connectivity index (χ4n) is 3.89. The van der Waals surface area contributed by atoms with Crippen LogP contribution in [0, 0.1) is 23.6 Å². The molecule has 3 atom stereocenters. The van der Waals surface area contributed by atoms with Crippen molar-refractivity contribution < 1.29 is 22.4 Å². The SMILES string of the molecule is O=C(CC1CC2CCC1C2)c1cc(C(F)(F)F)ccc1F. The Bertz CT molecular complexity index is 564. The van der Waals surface area contributed by atoms with Crippen LogP contribution in [0.15, 0.2) is 18.2 Å². The molecule has 2 bridgehead atoms. The minimum atomic E-state index is -4.56. The van der Waals surface area contributed by atoms with Gasteiger partial charge in [-0.1, -0.05) is 6.42 Å². The molecule has 1 nitrogen and oxygen atoms in total. The predicted octanol–water partition coefficient (Wildman–Crippen LogP) is 4.85. The Labute approximate surface area is 120 Å². The van der Waals surface area contributed by atoms with Gasteiger partial charge < -0.3 is 0 Å². The number of hydrogen-bond donors (Lipinski definition) is 0. The third-order valence-electron chi connectivity index (χ3n) is 4.93. The molecule has 0 spiro atoms. The molecule has 1 aromatic rings. The van der Waals surface area contributed by atoms with Gasteiger partial charge in [0.1, 0.15) is 5.82 Å². The zero-order chi connectivity index (χ0) is 15.2. The average molecular weight is 300 g/mol. The summed E-state index contributed by atoms with van der Waals surface area (Å²) in [6.07, 6.45) is -0.0461. The van der Waals surface area contributed by atoms with E-state index in [4.69, 9.17) is 0 Å². The number of Topliss-reactive ketones (excluding diaryl/α,β-unsaturated/α-hetero) is 1. The van der Waals surface area contributed by atoms with E-state index >= 15 is 0 Å². The van der Waals surface area contributed by atoms with Crippen molar-refractivity contribution in [2.45, 2.75) is 38.3 Å². The highest BCUT2D eigenvalue weighted by atomic mass is 19.4. The summed E-state index contributed by atoms with van der Waals surface area (Å²) >= 11 is 0. The maximum Gasteiger partial charge on any atom is 0.416 e. The van der Waals surface area contributed by atoms with Crippen molar-refractivity contribution in [1.29, 1.82) is 0 Å². The summed E-state index contributed by atoms with van der Waals surface area (Å²) < 4.78 is 51.7. The Morgan fingerprint density at radius 1 is 1.19 bits per heavy atom. The fraction of sp³-hybridized carbons (Fsp3) is 0.562. The molecule has 0 amide bonds. The van der Waals surface area contributed by atoms with Gasteiger partial charge in [0.2, 0.25) is 0 Å². The first-order chi connectivity index (χ1) is 9.84. The van der Waals surface area contributed by atoms with Gasteiger partial charge in [0.05, 0.1) is 11.1 Å². The van der Waals surface area contributed by atoms with Crippen molar-refractivity contribution in [3.8, 4) is 0 Å². The van der Waals surface area contributed by atoms with E-state index in [0.29, 0.717) is 24.0 Å². The predicted molar refractivity (Wildman–Crippen MR) is 69.3 cm³/mol. The molecule has 3 rings (SSSR count). The van der Waals surface area contributed by atoms with Gasteiger partial charge in [-0.2, -0.15) is 13.2 Å². The second-order valence-corrected chi connectivity index (χ2v) is 6.25. The van der Waals surface area contributed by atoms with Crippen LogP contribution in [0.3, 0.4) is 0 Å². The molecule has 0 aromatic heterocycles. The third kappa shape index (κ3) is 2.83. The van der Waals surface area contributed by atoms with E-state index in [0.717, 1.165) is 25.3 Å². The van der Waals surface area contributed by atoms with E-state index in [1.54, 1.807) is 0 Å². The molecule has 2 saturated carbocycles. The zero-order valence-corrected chi connectivity index (χ0v) is 11.4. The number of halogens is 4. The van der Waals surface area contributed by atoms with Crippen molar-refractivity contribution >= 4 is 5.78 Å². The van der Waals surface area contributed by atoms with Gasteiger partial charge in [-0.3, -0.25) is 4.79 Å². The van der Waals surface area contributed by atoms with Crippen LogP contribution in [0.25, 0.3) is 0 Å². The number of carbonyl (C=O) groups is 1. The van der Waals surface area contributed by atoms with Crippen molar-refractivity contribution in [2.75, 3.05) is 0 Å². The summed E-state index contributed by atoms with van der Waals surface area (Å²) in [6.45, 7) is 0. The van der Waals surface area contributed by atoms with E-state index in [2.05, 4.69) is 0 Å². The lowest BCUT2D eigenvalue weighted by Crippen LogP contribution is -2.17. The fourth-order valence-corrected chi connectivity index (χ4v) is 3.89. The van der Waals surface area contributed by atoms with Crippen LogP contribution in [0.5, 0.6) is 0 Å². The van der Waals surface area contributed by atoms with Crippen molar-refractivity contribution in [3.63, 3.8) is 0 Å². The summed E-state index contributed by atoms with van der Waals surface area (Å²) in [5.74, 6) is -0.00975. The maximum absolute atomic E-state index is 13.7. The number of benzene rings is 1. The molecule has 0 saturated heterocycles. The Morgan fingerprint density at radius 3 is 2.52 bits per heavy atom. The van der Waals surface area contributed by atoms with Crippen LogP contribution in [0.4, 0.5) is 17.6 Å². The van der Waals surface area contributed by atoms with Gasteiger partial charge in [0.25, 0.3) is 0 Å². The standard InChI is InChI=1S/C16H16F4O/c17-14-4-3-12(16(18,19)20)8-13(14)15(21)7-11-6-9-1-2-10(11)5-9/h3-4,8-11H,1-2,5-7H2. The number of carbonyl (C=O) groups excluding carboxylic acids is 1. The minimum Gasteiger partial charge on any atom is -0.294 e. The summed E-state index contributed by atoms with van der Waals surface area (Å²) in [6, 6.07) is 2.05. The Kier molecular flexibility index (Phi) is 3.54. The van der Waals surface area contributed by atoms with Gasteiger partial charge in [-0.25, -0.2) is 4.39 Å². The molecule has 2 aliphatic rings. The van der Waals surface area contributed by atoms with E-state index in [9.17, 15) is 22.4 Å².